The van der Waals surface area contributed by atoms with Gasteiger partial charge in [0.25, 0.3) is 5.91 Å². The lowest BCUT2D eigenvalue weighted by Crippen LogP contribution is -2.36. The molecule has 0 atom stereocenters. The lowest BCUT2D eigenvalue weighted by atomic mass is 9.99. The summed E-state index contributed by atoms with van der Waals surface area (Å²) in [5.41, 5.74) is 2.83. The number of hydrogen-bond acceptors (Lipinski definition) is 1. The molecule has 0 fully saturated rings. The third-order valence-electron chi connectivity index (χ3n) is 3.58. The highest BCUT2D eigenvalue weighted by molar-refractivity contribution is 9.10. The second-order valence-corrected chi connectivity index (χ2v) is 5.72. The summed E-state index contributed by atoms with van der Waals surface area (Å²) in [6.45, 7) is 1.25. The molecular weight excluding hydrogens is 321 g/mol. The molecule has 20 heavy (non-hydrogen) atoms. The van der Waals surface area contributed by atoms with E-state index in [0.717, 1.165) is 6.42 Å². The van der Waals surface area contributed by atoms with E-state index in [1.165, 1.54) is 23.3 Å². The van der Waals surface area contributed by atoms with Crippen LogP contribution in [0.2, 0.25) is 0 Å². The summed E-state index contributed by atoms with van der Waals surface area (Å²) in [7, 11) is 0. The zero-order valence-corrected chi connectivity index (χ0v) is 12.4. The number of rotatable bonds is 1. The van der Waals surface area contributed by atoms with Gasteiger partial charge in [-0.05, 0) is 51.7 Å². The summed E-state index contributed by atoms with van der Waals surface area (Å²) in [6, 6.07) is 12.3. The van der Waals surface area contributed by atoms with Crippen molar-refractivity contribution in [1.82, 2.24) is 4.90 Å². The molecule has 3 rings (SSSR count). The molecule has 0 spiro atoms. The topological polar surface area (TPSA) is 20.3 Å². The predicted octanol–water partition coefficient (Wildman–Crippen LogP) is 3.79. The molecule has 0 unspecified atom stereocenters. The minimum absolute atomic E-state index is 0.133. The maximum absolute atomic E-state index is 13.3. The Labute approximate surface area is 125 Å². The zero-order valence-electron chi connectivity index (χ0n) is 10.8. The van der Waals surface area contributed by atoms with Gasteiger partial charge in [0, 0.05) is 17.6 Å². The molecule has 1 aliphatic rings. The number of halogens is 2. The molecule has 0 radical (unpaired) electrons. The number of amides is 1. The highest BCUT2D eigenvalue weighted by atomic mass is 79.9. The fourth-order valence-corrected chi connectivity index (χ4v) is 2.92. The molecule has 1 heterocycles. The van der Waals surface area contributed by atoms with Crippen LogP contribution < -0.4 is 0 Å². The van der Waals surface area contributed by atoms with Crippen molar-refractivity contribution in [3.8, 4) is 0 Å². The third kappa shape index (κ3) is 2.48. The first-order valence-electron chi connectivity index (χ1n) is 6.46. The minimum atomic E-state index is -0.394. The average Bonchev–Trinajstić information content (AvgIpc) is 2.48. The number of fused-ring (bicyclic) bond motifs is 1. The van der Waals surface area contributed by atoms with E-state index in [1.54, 1.807) is 11.0 Å². The van der Waals surface area contributed by atoms with Gasteiger partial charge in [-0.2, -0.15) is 0 Å². The van der Waals surface area contributed by atoms with E-state index in [4.69, 9.17) is 0 Å². The van der Waals surface area contributed by atoms with Crippen LogP contribution in [0.1, 0.15) is 21.5 Å². The van der Waals surface area contributed by atoms with Crippen LogP contribution in [0.25, 0.3) is 0 Å². The second-order valence-electron chi connectivity index (χ2n) is 4.87. The Hall–Kier alpha value is -1.68. The summed E-state index contributed by atoms with van der Waals surface area (Å²) in [6.07, 6.45) is 0.842. The van der Waals surface area contributed by atoms with Gasteiger partial charge in [-0.1, -0.05) is 24.3 Å². The van der Waals surface area contributed by atoms with Gasteiger partial charge in [-0.3, -0.25) is 4.79 Å². The van der Waals surface area contributed by atoms with E-state index in [0.29, 0.717) is 23.1 Å². The number of carbonyl (C=O) groups is 1. The molecule has 2 nitrogen and oxygen atoms in total. The van der Waals surface area contributed by atoms with Crippen molar-refractivity contribution in [2.24, 2.45) is 0 Å². The van der Waals surface area contributed by atoms with Crippen LogP contribution in [0, 0.1) is 5.82 Å². The fourth-order valence-electron chi connectivity index (χ4n) is 2.50. The van der Waals surface area contributed by atoms with Gasteiger partial charge in [-0.15, -0.1) is 0 Å². The van der Waals surface area contributed by atoms with Gasteiger partial charge < -0.3 is 4.90 Å². The first-order chi connectivity index (χ1) is 9.65. The van der Waals surface area contributed by atoms with Crippen LogP contribution in [0.4, 0.5) is 4.39 Å². The van der Waals surface area contributed by atoms with E-state index in [9.17, 15) is 9.18 Å². The number of hydrogen-bond donors (Lipinski definition) is 0. The van der Waals surface area contributed by atoms with Gasteiger partial charge in [-0.25, -0.2) is 4.39 Å². The maximum Gasteiger partial charge on any atom is 0.255 e. The largest absolute Gasteiger partial charge is 0.334 e. The van der Waals surface area contributed by atoms with Crippen molar-refractivity contribution in [1.29, 1.82) is 0 Å². The van der Waals surface area contributed by atoms with Crippen LogP contribution in [-0.2, 0) is 13.0 Å². The first-order valence-corrected chi connectivity index (χ1v) is 7.25. The molecule has 1 amide bonds. The van der Waals surface area contributed by atoms with E-state index in [2.05, 4.69) is 22.0 Å². The summed E-state index contributed by atoms with van der Waals surface area (Å²) in [4.78, 5) is 14.3. The summed E-state index contributed by atoms with van der Waals surface area (Å²) >= 11 is 3.32. The molecule has 2 aromatic carbocycles. The molecule has 0 saturated carbocycles. The Kier molecular flexibility index (Phi) is 3.57. The molecule has 4 heteroatoms. The third-order valence-corrected chi connectivity index (χ3v) is 4.27. The standard InChI is InChI=1S/C16H13BrFNO/c17-15-6-5-13(18)9-14(15)16(20)19-8-7-11-3-1-2-4-12(11)10-19/h1-6,9H,7-8,10H2. The molecule has 0 aromatic heterocycles. The normalized spacial score (nSPS) is 14.0. The molecule has 0 bridgehead atoms. The Bertz CT molecular complexity index is 671. The first kappa shape index (κ1) is 13.3. The molecular formula is C16H13BrFNO. The SMILES string of the molecule is O=C(c1cc(F)ccc1Br)N1CCc2ccccc2C1. The van der Waals surface area contributed by atoms with Crippen LogP contribution in [0.3, 0.4) is 0 Å². The lowest BCUT2D eigenvalue weighted by Gasteiger charge is -2.29. The molecule has 0 aliphatic carbocycles. The second kappa shape index (κ2) is 5.37. The number of nitrogens with zero attached hydrogens (tertiary/aromatic N) is 1. The van der Waals surface area contributed by atoms with Gasteiger partial charge in [0.1, 0.15) is 5.82 Å². The van der Waals surface area contributed by atoms with Gasteiger partial charge in [0.05, 0.1) is 5.56 Å². The highest BCUT2D eigenvalue weighted by Gasteiger charge is 2.23. The number of benzene rings is 2. The van der Waals surface area contributed by atoms with E-state index < -0.39 is 5.82 Å². The van der Waals surface area contributed by atoms with Crippen LogP contribution in [0.15, 0.2) is 46.9 Å². The van der Waals surface area contributed by atoms with Crippen molar-refractivity contribution >= 4 is 21.8 Å². The minimum Gasteiger partial charge on any atom is -0.334 e. The Morgan fingerprint density at radius 2 is 1.90 bits per heavy atom. The Morgan fingerprint density at radius 1 is 1.15 bits per heavy atom. The van der Waals surface area contributed by atoms with Crippen LogP contribution >= 0.6 is 15.9 Å². The fraction of sp³-hybridized carbons (Fsp3) is 0.188. The van der Waals surface area contributed by atoms with Gasteiger partial charge in [0.2, 0.25) is 0 Å². The van der Waals surface area contributed by atoms with Gasteiger partial charge >= 0.3 is 0 Å². The smallest absolute Gasteiger partial charge is 0.255 e. The van der Waals surface area contributed by atoms with Gasteiger partial charge in [0.15, 0.2) is 0 Å². The van der Waals surface area contributed by atoms with Crippen molar-refractivity contribution in [2.75, 3.05) is 6.54 Å². The molecule has 0 N–H and O–H groups in total. The molecule has 0 saturated heterocycles. The Morgan fingerprint density at radius 3 is 2.70 bits per heavy atom. The lowest BCUT2D eigenvalue weighted by molar-refractivity contribution is 0.0733. The molecule has 102 valence electrons. The van der Waals surface area contributed by atoms with Crippen LogP contribution in [-0.4, -0.2) is 17.4 Å². The summed E-state index contributed by atoms with van der Waals surface area (Å²) in [5, 5.41) is 0. The van der Waals surface area contributed by atoms with Crippen molar-refractivity contribution in [3.05, 3.63) is 69.4 Å². The quantitative estimate of drug-likeness (QED) is 0.777. The summed E-state index contributed by atoms with van der Waals surface area (Å²) < 4.78 is 13.9. The monoisotopic (exact) mass is 333 g/mol. The number of carbonyl (C=O) groups excluding carboxylic acids is 1. The van der Waals surface area contributed by atoms with E-state index in [-0.39, 0.29) is 5.91 Å². The van der Waals surface area contributed by atoms with Crippen LogP contribution in [0.5, 0.6) is 0 Å². The molecule has 2 aromatic rings. The maximum atomic E-state index is 13.3. The van der Waals surface area contributed by atoms with Crippen molar-refractivity contribution in [2.45, 2.75) is 13.0 Å². The zero-order chi connectivity index (χ0) is 14.1. The average molecular weight is 334 g/mol. The van der Waals surface area contributed by atoms with E-state index in [1.807, 2.05) is 18.2 Å². The van der Waals surface area contributed by atoms with E-state index >= 15 is 0 Å². The molecule has 1 aliphatic heterocycles. The summed E-state index contributed by atoms with van der Waals surface area (Å²) in [5.74, 6) is -0.528. The highest BCUT2D eigenvalue weighted by Crippen LogP contribution is 2.24. The predicted molar refractivity (Wildman–Crippen MR) is 79.0 cm³/mol. The van der Waals surface area contributed by atoms with Crippen molar-refractivity contribution < 1.29 is 9.18 Å². The Balaban J connectivity index is 1.88. The van der Waals surface area contributed by atoms with Crippen molar-refractivity contribution in [3.63, 3.8) is 0 Å².